The molecule has 3 rings (SSSR count). The molecular weight excluding hydrogens is 305 g/mol. The van der Waals surface area contributed by atoms with E-state index in [1.54, 1.807) is 13.8 Å². The molecule has 7 nitrogen and oxygen atoms in total. The van der Waals surface area contributed by atoms with Gasteiger partial charge >= 0.3 is 0 Å². The molecule has 0 saturated carbocycles. The molecule has 1 aromatic heterocycles. The fourth-order valence-corrected chi connectivity index (χ4v) is 2.79. The maximum Gasteiger partial charge on any atom is 0.253 e. The number of likely N-dealkylation sites (N-methyl/N-ethyl adjacent to an activating group) is 1. The average Bonchev–Trinajstić information content (AvgIpc) is 2.95. The van der Waals surface area contributed by atoms with Crippen LogP contribution in [0.5, 0.6) is 0 Å². The molecule has 0 radical (unpaired) electrons. The van der Waals surface area contributed by atoms with Gasteiger partial charge in [0.15, 0.2) is 11.9 Å². The van der Waals surface area contributed by atoms with Gasteiger partial charge in [0.25, 0.3) is 11.8 Å². The highest BCUT2D eigenvalue weighted by atomic mass is 19.1. The normalized spacial score (nSPS) is 28.4. The van der Waals surface area contributed by atoms with Gasteiger partial charge < -0.3 is 14.8 Å². The van der Waals surface area contributed by atoms with Crippen molar-refractivity contribution in [2.45, 2.75) is 44.8 Å². The summed E-state index contributed by atoms with van der Waals surface area (Å²) in [6, 6.07) is 1.78. The summed E-state index contributed by atoms with van der Waals surface area (Å²) in [5.74, 6) is -1.85. The molecule has 23 heavy (non-hydrogen) atoms. The predicted molar refractivity (Wildman–Crippen MR) is 78.1 cm³/mol. The van der Waals surface area contributed by atoms with E-state index in [0.717, 1.165) is 0 Å². The van der Waals surface area contributed by atoms with Crippen LogP contribution < -0.4 is 10.2 Å². The zero-order valence-corrected chi connectivity index (χ0v) is 13.3. The summed E-state index contributed by atoms with van der Waals surface area (Å²) in [7, 11) is 1.52. The maximum atomic E-state index is 13.3. The van der Waals surface area contributed by atoms with Crippen molar-refractivity contribution in [3.8, 4) is 0 Å². The lowest BCUT2D eigenvalue weighted by atomic mass is 10.1. The number of nitrogens with zero attached hydrogens (tertiary/aromatic N) is 2. The molecule has 2 saturated heterocycles. The molecular formula is C15H18FN3O4. The standard InChI is InChI=1S/C15H18FN3O4/c1-7-8(16)5-6-9(17-7)19(4)14(21)10-11-12(13(20)18-10)23-15(2,3)22-11/h5-6,10-12H,1-4H3,(H,18,20)/t10-,11-,12-/m0/s1. The minimum atomic E-state index is -0.922. The molecule has 2 aliphatic rings. The van der Waals surface area contributed by atoms with E-state index in [1.165, 1.54) is 31.0 Å². The Kier molecular flexibility index (Phi) is 3.61. The molecule has 2 aliphatic heterocycles. The molecule has 3 heterocycles. The van der Waals surface area contributed by atoms with Crippen LogP contribution in [-0.4, -0.2) is 47.9 Å². The van der Waals surface area contributed by atoms with Crippen LogP contribution in [0.4, 0.5) is 10.2 Å². The molecule has 0 bridgehead atoms. The van der Waals surface area contributed by atoms with Gasteiger partial charge in [0, 0.05) is 7.05 Å². The average molecular weight is 323 g/mol. The molecule has 2 amide bonds. The van der Waals surface area contributed by atoms with E-state index < -0.39 is 35.8 Å². The van der Waals surface area contributed by atoms with Crippen LogP contribution in [0.15, 0.2) is 12.1 Å². The number of rotatable bonds is 2. The van der Waals surface area contributed by atoms with Gasteiger partial charge in [-0.05, 0) is 32.9 Å². The third-order valence-corrected chi connectivity index (χ3v) is 3.96. The largest absolute Gasteiger partial charge is 0.341 e. The second-order valence-corrected chi connectivity index (χ2v) is 6.14. The second-order valence-electron chi connectivity index (χ2n) is 6.14. The Morgan fingerprint density at radius 2 is 2.09 bits per heavy atom. The summed E-state index contributed by atoms with van der Waals surface area (Å²) in [4.78, 5) is 30.0. The van der Waals surface area contributed by atoms with Crippen LogP contribution in [0.1, 0.15) is 19.5 Å². The number of anilines is 1. The number of ether oxygens (including phenoxy) is 2. The first-order valence-corrected chi connectivity index (χ1v) is 7.26. The van der Waals surface area contributed by atoms with Crippen molar-refractivity contribution < 1.29 is 23.5 Å². The lowest BCUT2D eigenvalue weighted by Gasteiger charge is -2.25. The van der Waals surface area contributed by atoms with Crippen LogP contribution in [0.3, 0.4) is 0 Å². The number of aryl methyl sites for hydroxylation is 1. The first-order valence-electron chi connectivity index (χ1n) is 7.26. The van der Waals surface area contributed by atoms with Crippen molar-refractivity contribution in [2.24, 2.45) is 0 Å². The Bertz CT molecular complexity index is 679. The zero-order valence-electron chi connectivity index (χ0n) is 13.3. The Hall–Kier alpha value is -2.06. The van der Waals surface area contributed by atoms with E-state index in [4.69, 9.17) is 9.47 Å². The van der Waals surface area contributed by atoms with E-state index in [-0.39, 0.29) is 11.6 Å². The molecule has 124 valence electrons. The number of hydrogen-bond donors (Lipinski definition) is 1. The third-order valence-electron chi connectivity index (χ3n) is 3.96. The summed E-state index contributed by atoms with van der Waals surface area (Å²) in [6.07, 6.45) is -1.51. The van der Waals surface area contributed by atoms with E-state index in [2.05, 4.69) is 10.3 Å². The number of halogens is 1. The van der Waals surface area contributed by atoms with E-state index >= 15 is 0 Å². The number of carbonyl (C=O) groups excluding carboxylic acids is 2. The van der Waals surface area contributed by atoms with Crippen LogP contribution in [0.2, 0.25) is 0 Å². The van der Waals surface area contributed by atoms with E-state index in [0.29, 0.717) is 5.82 Å². The summed E-state index contributed by atoms with van der Waals surface area (Å²) < 4.78 is 24.5. The first kappa shape index (κ1) is 15.8. The first-order chi connectivity index (χ1) is 10.7. The van der Waals surface area contributed by atoms with Gasteiger partial charge in [-0.15, -0.1) is 0 Å². The number of pyridine rings is 1. The molecule has 0 aliphatic carbocycles. The van der Waals surface area contributed by atoms with Gasteiger partial charge in [-0.2, -0.15) is 0 Å². The Morgan fingerprint density at radius 3 is 2.74 bits per heavy atom. The fraction of sp³-hybridized carbons (Fsp3) is 0.533. The highest BCUT2D eigenvalue weighted by molar-refractivity contribution is 6.02. The summed E-state index contributed by atoms with van der Waals surface area (Å²) in [6.45, 7) is 4.89. The van der Waals surface area contributed by atoms with Crippen LogP contribution in [-0.2, 0) is 19.1 Å². The minimum absolute atomic E-state index is 0.192. The van der Waals surface area contributed by atoms with Crippen LogP contribution in [0.25, 0.3) is 0 Å². The maximum absolute atomic E-state index is 13.3. The van der Waals surface area contributed by atoms with Gasteiger partial charge in [-0.1, -0.05) is 0 Å². The molecule has 1 N–H and O–H groups in total. The third kappa shape index (κ3) is 2.68. The van der Waals surface area contributed by atoms with E-state index in [1.807, 2.05) is 0 Å². The second kappa shape index (κ2) is 5.24. The summed E-state index contributed by atoms with van der Waals surface area (Å²) >= 11 is 0. The molecule has 8 heteroatoms. The van der Waals surface area contributed by atoms with Crippen molar-refractivity contribution in [3.63, 3.8) is 0 Å². The summed E-state index contributed by atoms with van der Waals surface area (Å²) in [5, 5.41) is 2.59. The van der Waals surface area contributed by atoms with Crippen molar-refractivity contribution >= 4 is 17.6 Å². The lowest BCUT2D eigenvalue weighted by Crippen LogP contribution is -2.49. The van der Waals surface area contributed by atoms with Gasteiger partial charge in [0.2, 0.25) is 0 Å². The fourth-order valence-electron chi connectivity index (χ4n) is 2.79. The summed E-state index contributed by atoms with van der Waals surface area (Å²) in [5.41, 5.74) is 0.192. The van der Waals surface area contributed by atoms with Crippen molar-refractivity contribution in [2.75, 3.05) is 11.9 Å². The van der Waals surface area contributed by atoms with Crippen LogP contribution >= 0.6 is 0 Å². The molecule has 0 unspecified atom stereocenters. The Balaban J connectivity index is 1.82. The smallest absolute Gasteiger partial charge is 0.253 e. The zero-order chi connectivity index (χ0) is 16.9. The lowest BCUT2D eigenvalue weighted by molar-refractivity contribution is -0.164. The van der Waals surface area contributed by atoms with E-state index in [9.17, 15) is 14.0 Å². The number of aromatic nitrogens is 1. The molecule has 1 aromatic rings. The molecule has 0 spiro atoms. The van der Waals surface area contributed by atoms with Gasteiger partial charge in [0.1, 0.15) is 23.8 Å². The van der Waals surface area contributed by atoms with Crippen molar-refractivity contribution in [1.29, 1.82) is 0 Å². The Morgan fingerprint density at radius 1 is 1.39 bits per heavy atom. The van der Waals surface area contributed by atoms with Crippen molar-refractivity contribution in [3.05, 3.63) is 23.6 Å². The van der Waals surface area contributed by atoms with Crippen LogP contribution in [0, 0.1) is 12.7 Å². The highest BCUT2D eigenvalue weighted by Crippen LogP contribution is 2.34. The van der Waals surface area contributed by atoms with Crippen molar-refractivity contribution in [1.82, 2.24) is 10.3 Å². The number of carbonyl (C=O) groups is 2. The number of hydrogen-bond acceptors (Lipinski definition) is 5. The number of amides is 2. The van der Waals surface area contributed by atoms with Gasteiger partial charge in [0.05, 0.1) is 5.69 Å². The minimum Gasteiger partial charge on any atom is -0.341 e. The van der Waals surface area contributed by atoms with Gasteiger partial charge in [-0.3, -0.25) is 14.5 Å². The molecule has 0 aromatic carbocycles. The topological polar surface area (TPSA) is 80.8 Å². The molecule has 2 fully saturated rings. The monoisotopic (exact) mass is 323 g/mol. The molecule has 3 atom stereocenters. The quantitative estimate of drug-likeness (QED) is 0.858. The SMILES string of the molecule is Cc1nc(N(C)C(=O)[C@H]2NC(=O)[C@H]3OC(C)(C)O[C@@H]23)ccc1F. The number of nitrogens with one attached hydrogen (secondary N) is 1. The highest BCUT2D eigenvalue weighted by Gasteiger charge is 2.56. The Labute approximate surface area is 132 Å². The van der Waals surface area contributed by atoms with Gasteiger partial charge in [-0.25, -0.2) is 9.37 Å². The predicted octanol–water partition coefficient (Wildman–Crippen LogP) is 0.510. The number of fused-ring (bicyclic) bond motifs is 1.